The van der Waals surface area contributed by atoms with Crippen LogP contribution < -0.4 is 5.76 Å². The third-order valence-electron chi connectivity index (χ3n) is 4.36. The molecule has 7 heteroatoms. The number of fused-ring (bicyclic) bond motifs is 1. The van der Waals surface area contributed by atoms with Crippen molar-refractivity contribution in [3.8, 4) is 0 Å². The van der Waals surface area contributed by atoms with Gasteiger partial charge in [0.15, 0.2) is 11.3 Å². The summed E-state index contributed by atoms with van der Waals surface area (Å²) in [7, 11) is 0. The Morgan fingerprint density at radius 2 is 2.17 bits per heavy atom. The number of nitrogens with zero attached hydrogens (tertiary/aromatic N) is 2. The second-order valence-corrected chi connectivity index (χ2v) is 6.31. The number of rotatable bonds is 2. The fraction of sp³-hybridized carbons (Fsp3) is 0.294. The van der Waals surface area contributed by atoms with Crippen molar-refractivity contribution in [3.63, 3.8) is 0 Å². The first-order chi connectivity index (χ1) is 11.6. The molecule has 1 fully saturated rings. The van der Waals surface area contributed by atoms with Gasteiger partial charge in [0.05, 0.1) is 17.8 Å². The maximum Gasteiger partial charge on any atom is 0.420 e. The standard InChI is InChI=1S/C17H15ClN2O4/c18-11-5-6-14-13(9-11)20(17(22)24-14)12-3-1-7-19(10-12)16(21)15-4-2-8-23-15/h2,4-6,8-9,12H,1,3,7,10H2. The van der Waals surface area contributed by atoms with Gasteiger partial charge >= 0.3 is 5.76 Å². The van der Waals surface area contributed by atoms with Gasteiger partial charge in [-0.3, -0.25) is 9.36 Å². The summed E-state index contributed by atoms with van der Waals surface area (Å²) < 4.78 is 12.1. The normalized spacial score (nSPS) is 18.2. The van der Waals surface area contributed by atoms with Crippen LogP contribution >= 0.6 is 11.6 Å². The van der Waals surface area contributed by atoms with Crippen LogP contribution in [0.3, 0.4) is 0 Å². The Bertz CT molecular complexity index is 941. The molecule has 4 rings (SSSR count). The molecule has 3 aromatic rings. The van der Waals surface area contributed by atoms with Crippen LogP contribution in [0.15, 0.2) is 50.2 Å². The molecule has 0 radical (unpaired) electrons. The summed E-state index contributed by atoms with van der Waals surface area (Å²) in [5.74, 6) is -0.281. The van der Waals surface area contributed by atoms with E-state index in [9.17, 15) is 9.59 Å². The third-order valence-corrected chi connectivity index (χ3v) is 4.59. The van der Waals surface area contributed by atoms with Crippen molar-refractivity contribution in [2.45, 2.75) is 18.9 Å². The SMILES string of the molecule is O=C(c1ccco1)N1CCCC(n2c(=O)oc3ccc(Cl)cc32)C1. The van der Waals surface area contributed by atoms with E-state index in [0.717, 1.165) is 12.8 Å². The summed E-state index contributed by atoms with van der Waals surface area (Å²) >= 11 is 6.05. The van der Waals surface area contributed by atoms with Gasteiger partial charge < -0.3 is 13.7 Å². The van der Waals surface area contributed by atoms with Gasteiger partial charge in [-0.05, 0) is 43.2 Å². The second kappa shape index (κ2) is 5.87. The summed E-state index contributed by atoms with van der Waals surface area (Å²) in [5, 5.41) is 0.538. The Morgan fingerprint density at radius 1 is 1.29 bits per heavy atom. The highest BCUT2D eigenvalue weighted by Crippen LogP contribution is 2.27. The number of oxazole rings is 1. The molecule has 3 heterocycles. The van der Waals surface area contributed by atoms with Gasteiger partial charge in [-0.2, -0.15) is 0 Å². The van der Waals surface area contributed by atoms with Gasteiger partial charge in [-0.25, -0.2) is 4.79 Å². The zero-order chi connectivity index (χ0) is 16.7. The molecule has 1 amide bonds. The summed E-state index contributed by atoms with van der Waals surface area (Å²) in [6.07, 6.45) is 3.07. The lowest BCUT2D eigenvalue weighted by Gasteiger charge is -2.32. The summed E-state index contributed by atoms with van der Waals surface area (Å²) in [5.41, 5.74) is 1.16. The molecule has 0 spiro atoms. The number of carbonyl (C=O) groups excluding carboxylic acids is 1. The molecule has 6 nitrogen and oxygen atoms in total. The average molecular weight is 347 g/mol. The Balaban J connectivity index is 1.67. The lowest BCUT2D eigenvalue weighted by molar-refractivity contribution is 0.0645. The summed E-state index contributed by atoms with van der Waals surface area (Å²) in [6.45, 7) is 1.07. The number of furan rings is 1. The van der Waals surface area contributed by atoms with E-state index >= 15 is 0 Å². The van der Waals surface area contributed by atoms with Crippen molar-refractivity contribution in [2.24, 2.45) is 0 Å². The molecule has 1 saturated heterocycles. The minimum Gasteiger partial charge on any atom is -0.459 e. The molecule has 0 N–H and O–H groups in total. The van der Waals surface area contributed by atoms with Crippen molar-refractivity contribution < 1.29 is 13.6 Å². The topological polar surface area (TPSA) is 68.6 Å². The third kappa shape index (κ3) is 2.53. The number of hydrogen-bond donors (Lipinski definition) is 0. The zero-order valence-corrected chi connectivity index (χ0v) is 13.5. The molecule has 1 atom stereocenters. The fourth-order valence-electron chi connectivity index (χ4n) is 3.26. The molecular weight excluding hydrogens is 332 g/mol. The molecule has 1 aliphatic rings. The van der Waals surface area contributed by atoms with E-state index in [4.69, 9.17) is 20.4 Å². The Morgan fingerprint density at radius 3 is 2.96 bits per heavy atom. The van der Waals surface area contributed by atoms with Crippen LogP contribution in [0.2, 0.25) is 5.02 Å². The maximum absolute atomic E-state index is 12.5. The smallest absolute Gasteiger partial charge is 0.420 e. The van der Waals surface area contributed by atoms with Crippen LogP contribution in [-0.4, -0.2) is 28.5 Å². The van der Waals surface area contributed by atoms with E-state index in [1.54, 1.807) is 39.8 Å². The first-order valence-electron chi connectivity index (χ1n) is 7.77. The number of aromatic nitrogens is 1. The number of amides is 1. The lowest BCUT2D eigenvalue weighted by Crippen LogP contribution is -2.42. The van der Waals surface area contributed by atoms with E-state index in [-0.39, 0.29) is 11.9 Å². The summed E-state index contributed by atoms with van der Waals surface area (Å²) in [6, 6.07) is 8.27. The zero-order valence-electron chi connectivity index (χ0n) is 12.8. The number of likely N-dealkylation sites (tertiary alicyclic amines) is 1. The molecule has 0 saturated carbocycles. The molecule has 2 aromatic heterocycles. The highest BCUT2D eigenvalue weighted by molar-refractivity contribution is 6.31. The number of piperidine rings is 1. The minimum absolute atomic E-state index is 0.148. The van der Waals surface area contributed by atoms with E-state index in [1.165, 1.54) is 6.26 Å². The van der Waals surface area contributed by atoms with Crippen molar-refractivity contribution >= 4 is 28.6 Å². The first-order valence-corrected chi connectivity index (χ1v) is 8.14. The van der Waals surface area contributed by atoms with Gasteiger partial charge in [-0.1, -0.05) is 11.6 Å². The molecular formula is C17H15ClN2O4. The molecule has 124 valence electrons. The molecule has 0 aliphatic carbocycles. The van der Waals surface area contributed by atoms with E-state index < -0.39 is 5.76 Å². The van der Waals surface area contributed by atoms with Crippen molar-refractivity contribution in [1.82, 2.24) is 9.47 Å². The highest BCUT2D eigenvalue weighted by Gasteiger charge is 2.29. The number of carbonyl (C=O) groups is 1. The first kappa shape index (κ1) is 15.1. The van der Waals surface area contributed by atoms with Crippen LogP contribution in [0, 0.1) is 0 Å². The number of benzene rings is 1. The van der Waals surface area contributed by atoms with Crippen LogP contribution in [-0.2, 0) is 0 Å². The number of hydrogen-bond acceptors (Lipinski definition) is 4. The van der Waals surface area contributed by atoms with Gasteiger partial charge in [0, 0.05) is 18.1 Å². The second-order valence-electron chi connectivity index (χ2n) is 5.87. The van der Waals surface area contributed by atoms with Gasteiger partial charge in [0.1, 0.15) is 0 Å². The van der Waals surface area contributed by atoms with Gasteiger partial charge in [0.25, 0.3) is 5.91 Å². The van der Waals surface area contributed by atoms with Crippen LogP contribution in [0.4, 0.5) is 0 Å². The Labute approximate surface area is 142 Å². The van der Waals surface area contributed by atoms with E-state index in [0.29, 0.717) is 35.0 Å². The molecule has 1 aliphatic heterocycles. The minimum atomic E-state index is -0.426. The van der Waals surface area contributed by atoms with Crippen LogP contribution in [0.5, 0.6) is 0 Å². The predicted octanol–water partition coefficient (Wildman–Crippen LogP) is 3.32. The highest BCUT2D eigenvalue weighted by atomic mass is 35.5. The molecule has 1 unspecified atom stereocenters. The number of halogens is 1. The largest absolute Gasteiger partial charge is 0.459 e. The van der Waals surface area contributed by atoms with Crippen molar-refractivity contribution in [3.05, 3.63) is 57.9 Å². The Hall–Kier alpha value is -2.47. The van der Waals surface area contributed by atoms with E-state index in [1.807, 2.05) is 0 Å². The summed E-state index contributed by atoms with van der Waals surface area (Å²) in [4.78, 5) is 26.5. The molecule has 24 heavy (non-hydrogen) atoms. The maximum atomic E-state index is 12.5. The Kier molecular flexibility index (Phi) is 3.69. The molecule has 0 bridgehead atoms. The molecule has 1 aromatic carbocycles. The average Bonchev–Trinajstić information content (AvgIpc) is 3.21. The monoisotopic (exact) mass is 346 g/mol. The van der Waals surface area contributed by atoms with Crippen molar-refractivity contribution in [2.75, 3.05) is 13.1 Å². The van der Waals surface area contributed by atoms with Crippen molar-refractivity contribution in [1.29, 1.82) is 0 Å². The quantitative estimate of drug-likeness (QED) is 0.713. The van der Waals surface area contributed by atoms with Gasteiger partial charge in [0.2, 0.25) is 0 Å². The van der Waals surface area contributed by atoms with Crippen LogP contribution in [0.25, 0.3) is 11.1 Å². The van der Waals surface area contributed by atoms with E-state index in [2.05, 4.69) is 0 Å². The lowest BCUT2D eigenvalue weighted by atomic mass is 10.0. The predicted molar refractivity (Wildman–Crippen MR) is 88.4 cm³/mol. The fourth-order valence-corrected chi connectivity index (χ4v) is 3.42. The van der Waals surface area contributed by atoms with Crippen LogP contribution in [0.1, 0.15) is 29.4 Å². The van der Waals surface area contributed by atoms with Gasteiger partial charge in [-0.15, -0.1) is 0 Å².